The molecular formula is C15H23NO4. The number of amides is 1. The molecule has 0 aliphatic carbocycles. The lowest BCUT2D eigenvalue weighted by atomic mass is 10.1. The minimum absolute atomic E-state index is 0.0730. The minimum atomic E-state index is -0.175. The second kappa shape index (κ2) is 7.75. The summed E-state index contributed by atoms with van der Waals surface area (Å²) in [5.41, 5.74) is 0.592. The van der Waals surface area contributed by atoms with E-state index in [1.165, 1.54) is 0 Å². The number of methoxy groups -OCH3 is 1. The minimum Gasteiger partial charge on any atom is -0.497 e. The van der Waals surface area contributed by atoms with Crippen LogP contribution in [0.4, 0.5) is 0 Å². The van der Waals surface area contributed by atoms with Crippen molar-refractivity contribution in [3.8, 4) is 11.5 Å². The van der Waals surface area contributed by atoms with Crippen LogP contribution in [0.25, 0.3) is 0 Å². The number of aliphatic hydroxyl groups is 1. The highest BCUT2D eigenvalue weighted by atomic mass is 16.5. The van der Waals surface area contributed by atoms with E-state index in [1.54, 1.807) is 25.3 Å². The van der Waals surface area contributed by atoms with Gasteiger partial charge in [0.15, 0.2) is 6.61 Å². The van der Waals surface area contributed by atoms with Crippen molar-refractivity contribution in [3.05, 3.63) is 23.8 Å². The quantitative estimate of drug-likeness (QED) is 0.798. The predicted molar refractivity (Wildman–Crippen MR) is 76.9 cm³/mol. The van der Waals surface area contributed by atoms with Crippen LogP contribution in [0, 0.1) is 5.92 Å². The van der Waals surface area contributed by atoms with Gasteiger partial charge >= 0.3 is 0 Å². The van der Waals surface area contributed by atoms with E-state index in [0.29, 0.717) is 23.0 Å². The second-order valence-electron chi connectivity index (χ2n) is 5.02. The van der Waals surface area contributed by atoms with Gasteiger partial charge in [-0.25, -0.2) is 0 Å². The van der Waals surface area contributed by atoms with E-state index in [9.17, 15) is 9.90 Å². The Hall–Kier alpha value is -1.75. The molecule has 0 spiro atoms. The van der Waals surface area contributed by atoms with E-state index in [1.807, 2.05) is 20.8 Å². The molecule has 1 amide bonds. The first kappa shape index (κ1) is 16.3. The molecule has 0 radical (unpaired) electrons. The standard InChI is InChI=1S/C15H23NO4/c1-10(2)11(3)16-15(18)9-20-14-6-5-13(19-4)7-12(14)8-17/h5-7,10-11,17H,8-9H2,1-4H3,(H,16,18). The molecule has 1 aromatic rings. The zero-order chi connectivity index (χ0) is 15.1. The predicted octanol–water partition coefficient (Wildman–Crippen LogP) is 1.73. The van der Waals surface area contributed by atoms with E-state index in [2.05, 4.69) is 5.32 Å². The van der Waals surface area contributed by atoms with Gasteiger partial charge in [-0.15, -0.1) is 0 Å². The molecule has 5 heteroatoms. The van der Waals surface area contributed by atoms with Gasteiger partial charge in [-0.05, 0) is 31.0 Å². The third kappa shape index (κ3) is 4.74. The lowest BCUT2D eigenvalue weighted by molar-refractivity contribution is -0.124. The molecule has 0 saturated heterocycles. The Morgan fingerprint density at radius 2 is 2.05 bits per heavy atom. The smallest absolute Gasteiger partial charge is 0.258 e. The number of hydrogen-bond acceptors (Lipinski definition) is 4. The summed E-state index contributed by atoms with van der Waals surface area (Å²) in [7, 11) is 1.55. The van der Waals surface area contributed by atoms with Gasteiger partial charge < -0.3 is 19.9 Å². The Labute approximate surface area is 119 Å². The lowest BCUT2D eigenvalue weighted by Gasteiger charge is -2.18. The van der Waals surface area contributed by atoms with Crippen molar-refractivity contribution < 1.29 is 19.4 Å². The number of carbonyl (C=O) groups is 1. The van der Waals surface area contributed by atoms with Crippen LogP contribution in [0.3, 0.4) is 0 Å². The monoisotopic (exact) mass is 281 g/mol. The van der Waals surface area contributed by atoms with Gasteiger partial charge in [0.1, 0.15) is 11.5 Å². The normalized spacial score (nSPS) is 12.1. The number of rotatable bonds is 7. The molecule has 0 aliphatic heterocycles. The van der Waals surface area contributed by atoms with Gasteiger partial charge in [0.05, 0.1) is 13.7 Å². The highest BCUT2D eigenvalue weighted by Crippen LogP contribution is 2.24. The average molecular weight is 281 g/mol. The SMILES string of the molecule is COc1ccc(OCC(=O)NC(C)C(C)C)c(CO)c1. The van der Waals surface area contributed by atoms with Gasteiger partial charge in [0, 0.05) is 11.6 Å². The number of carbonyl (C=O) groups excluding carboxylic acids is 1. The fraction of sp³-hybridized carbons (Fsp3) is 0.533. The Kier molecular flexibility index (Phi) is 6.31. The number of hydrogen-bond donors (Lipinski definition) is 2. The molecule has 1 atom stereocenters. The largest absolute Gasteiger partial charge is 0.497 e. The fourth-order valence-corrected chi connectivity index (χ4v) is 1.55. The van der Waals surface area contributed by atoms with Gasteiger partial charge in [0.2, 0.25) is 0 Å². The summed E-state index contributed by atoms with van der Waals surface area (Å²) in [6, 6.07) is 5.19. The molecule has 0 heterocycles. The van der Waals surface area contributed by atoms with Crippen molar-refractivity contribution in [2.24, 2.45) is 5.92 Å². The molecule has 5 nitrogen and oxygen atoms in total. The molecule has 1 unspecified atom stereocenters. The molecule has 20 heavy (non-hydrogen) atoms. The maximum Gasteiger partial charge on any atom is 0.258 e. The molecule has 1 rings (SSSR count). The highest BCUT2D eigenvalue weighted by Gasteiger charge is 2.12. The summed E-state index contributed by atoms with van der Waals surface area (Å²) in [5.74, 6) is 1.32. The first-order valence-electron chi connectivity index (χ1n) is 6.67. The summed E-state index contributed by atoms with van der Waals surface area (Å²) in [5, 5.41) is 12.1. The lowest BCUT2D eigenvalue weighted by Crippen LogP contribution is -2.39. The molecule has 112 valence electrons. The average Bonchev–Trinajstić information content (AvgIpc) is 2.44. The molecule has 0 fully saturated rings. The van der Waals surface area contributed by atoms with Crippen molar-refractivity contribution in [2.45, 2.75) is 33.4 Å². The van der Waals surface area contributed by atoms with Crippen LogP contribution in [0.5, 0.6) is 11.5 Å². The molecular weight excluding hydrogens is 258 g/mol. The fourth-order valence-electron chi connectivity index (χ4n) is 1.55. The van der Waals surface area contributed by atoms with Crippen LogP contribution in [-0.2, 0) is 11.4 Å². The van der Waals surface area contributed by atoms with Gasteiger partial charge in [-0.1, -0.05) is 13.8 Å². The van der Waals surface area contributed by atoms with Crippen molar-refractivity contribution in [2.75, 3.05) is 13.7 Å². The van der Waals surface area contributed by atoms with Crippen LogP contribution < -0.4 is 14.8 Å². The summed E-state index contributed by atoms with van der Waals surface area (Å²) >= 11 is 0. The van der Waals surface area contributed by atoms with Crippen molar-refractivity contribution in [1.82, 2.24) is 5.32 Å². The van der Waals surface area contributed by atoms with Gasteiger partial charge in [-0.2, -0.15) is 0 Å². The topological polar surface area (TPSA) is 67.8 Å². The summed E-state index contributed by atoms with van der Waals surface area (Å²) in [4.78, 5) is 11.7. The van der Waals surface area contributed by atoms with Crippen LogP contribution >= 0.6 is 0 Å². The molecule has 0 saturated carbocycles. The number of aliphatic hydroxyl groups excluding tert-OH is 1. The third-order valence-electron chi connectivity index (χ3n) is 3.19. The van der Waals surface area contributed by atoms with E-state index in [-0.39, 0.29) is 25.2 Å². The zero-order valence-corrected chi connectivity index (χ0v) is 12.5. The first-order valence-corrected chi connectivity index (χ1v) is 6.67. The Balaban J connectivity index is 2.59. The summed E-state index contributed by atoms with van der Waals surface area (Å²) in [6.07, 6.45) is 0. The Bertz CT molecular complexity index is 445. The Morgan fingerprint density at radius 3 is 2.60 bits per heavy atom. The molecule has 0 aliphatic rings. The maximum absolute atomic E-state index is 11.7. The third-order valence-corrected chi connectivity index (χ3v) is 3.19. The summed E-state index contributed by atoms with van der Waals surface area (Å²) in [6.45, 7) is 5.79. The number of ether oxygens (including phenoxy) is 2. The Morgan fingerprint density at radius 1 is 1.35 bits per heavy atom. The second-order valence-corrected chi connectivity index (χ2v) is 5.02. The van der Waals surface area contributed by atoms with E-state index in [0.717, 1.165) is 0 Å². The zero-order valence-electron chi connectivity index (χ0n) is 12.5. The number of nitrogens with one attached hydrogen (secondary N) is 1. The van der Waals surface area contributed by atoms with E-state index >= 15 is 0 Å². The summed E-state index contributed by atoms with van der Waals surface area (Å²) < 4.78 is 10.5. The van der Waals surface area contributed by atoms with E-state index < -0.39 is 0 Å². The van der Waals surface area contributed by atoms with Crippen molar-refractivity contribution >= 4 is 5.91 Å². The van der Waals surface area contributed by atoms with Crippen LogP contribution in [0.15, 0.2) is 18.2 Å². The van der Waals surface area contributed by atoms with Crippen molar-refractivity contribution in [1.29, 1.82) is 0 Å². The maximum atomic E-state index is 11.7. The molecule has 0 bridgehead atoms. The molecule has 1 aromatic carbocycles. The van der Waals surface area contributed by atoms with Crippen LogP contribution in [0.1, 0.15) is 26.3 Å². The van der Waals surface area contributed by atoms with Crippen molar-refractivity contribution in [3.63, 3.8) is 0 Å². The van der Waals surface area contributed by atoms with E-state index in [4.69, 9.17) is 9.47 Å². The highest BCUT2D eigenvalue weighted by molar-refractivity contribution is 5.77. The molecule has 2 N–H and O–H groups in total. The number of benzene rings is 1. The first-order chi connectivity index (χ1) is 9.47. The van der Waals surface area contributed by atoms with Gasteiger partial charge in [-0.3, -0.25) is 4.79 Å². The van der Waals surface area contributed by atoms with Crippen LogP contribution in [-0.4, -0.2) is 30.8 Å². The van der Waals surface area contributed by atoms with Gasteiger partial charge in [0.25, 0.3) is 5.91 Å². The van der Waals surface area contributed by atoms with Crippen LogP contribution in [0.2, 0.25) is 0 Å². The molecule has 0 aromatic heterocycles.